The van der Waals surface area contributed by atoms with Crippen LogP contribution in [-0.2, 0) is 4.79 Å². The van der Waals surface area contributed by atoms with Crippen molar-refractivity contribution in [3.8, 4) is 11.5 Å². The standard InChI is InChI=1S/C22H17F3N2O4/c1-30-20-10-13(22(29)27-18-11-15(24)5-8-17(18)25)2-9-19(20)31-12-21(28)26-16-6-3-14(23)4-7-16/h2-11H,12H2,1H3,(H,26,28)(H,27,29). The SMILES string of the molecule is COc1cc(C(=O)Nc2cc(F)ccc2F)ccc1OCC(=O)Nc1ccc(F)cc1. The largest absolute Gasteiger partial charge is 0.493 e. The third-order valence-corrected chi connectivity index (χ3v) is 4.09. The Labute approximate surface area is 175 Å². The van der Waals surface area contributed by atoms with Crippen molar-refractivity contribution in [3.63, 3.8) is 0 Å². The Hall–Kier alpha value is -4.01. The Morgan fingerprint density at radius 3 is 2.26 bits per heavy atom. The van der Waals surface area contributed by atoms with E-state index in [1.807, 2.05) is 0 Å². The molecule has 9 heteroatoms. The zero-order valence-electron chi connectivity index (χ0n) is 16.2. The molecule has 31 heavy (non-hydrogen) atoms. The number of methoxy groups -OCH3 is 1. The lowest BCUT2D eigenvalue weighted by molar-refractivity contribution is -0.118. The molecule has 3 aromatic carbocycles. The molecule has 0 aliphatic heterocycles. The lowest BCUT2D eigenvalue weighted by Gasteiger charge is -2.13. The monoisotopic (exact) mass is 430 g/mol. The summed E-state index contributed by atoms with van der Waals surface area (Å²) >= 11 is 0. The molecule has 3 aromatic rings. The Morgan fingerprint density at radius 1 is 0.839 bits per heavy atom. The number of hydrogen-bond donors (Lipinski definition) is 2. The van der Waals surface area contributed by atoms with E-state index in [1.54, 1.807) is 0 Å². The van der Waals surface area contributed by atoms with Crippen LogP contribution in [0.3, 0.4) is 0 Å². The van der Waals surface area contributed by atoms with E-state index >= 15 is 0 Å². The van der Waals surface area contributed by atoms with Gasteiger partial charge in [0.25, 0.3) is 11.8 Å². The van der Waals surface area contributed by atoms with Crippen LogP contribution in [0.4, 0.5) is 24.5 Å². The third kappa shape index (κ3) is 5.75. The minimum atomic E-state index is -0.783. The summed E-state index contributed by atoms with van der Waals surface area (Å²) in [7, 11) is 1.34. The van der Waals surface area contributed by atoms with Crippen molar-refractivity contribution in [2.45, 2.75) is 0 Å². The van der Waals surface area contributed by atoms with E-state index in [0.29, 0.717) is 5.69 Å². The minimum Gasteiger partial charge on any atom is -0.493 e. The van der Waals surface area contributed by atoms with Crippen LogP contribution in [0.1, 0.15) is 10.4 Å². The van der Waals surface area contributed by atoms with Gasteiger partial charge in [-0.15, -0.1) is 0 Å². The fourth-order valence-corrected chi connectivity index (χ4v) is 2.59. The van der Waals surface area contributed by atoms with Gasteiger partial charge in [-0.25, -0.2) is 13.2 Å². The van der Waals surface area contributed by atoms with Crippen LogP contribution < -0.4 is 20.1 Å². The number of hydrogen-bond acceptors (Lipinski definition) is 4. The Bertz CT molecular complexity index is 1100. The summed E-state index contributed by atoms with van der Waals surface area (Å²) in [6, 6.07) is 12.0. The molecule has 0 aliphatic rings. The zero-order chi connectivity index (χ0) is 22.4. The van der Waals surface area contributed by atoms with E-state index in [-0.39, 0.29) is 29.4 Å². The molecular formula is C22H17F3N2O4. The number of halogens is 3. The molecule has 160 valence electrons. The van der Waals surface area contributed by atoms with Crippen LogP contribution >= 0.6 is 0 Å². The number of amides is 2. The highest BCUT2D eigenvalue weighted by Crippen LogP contribution is 2.28. The summed E-state index contributed by atoms with van der Waals surface area (Å²) < 4.78 is 50.5. The van der Waals surface area contributed by atoms with E-state index < -0.39 is 29.3 Å². The van der Waals surface area contributed by atoms with Gasteiger partial charge in [0.2, 0.25) is 0 Å². The molecule has 0 spiro atoms. The average Bonchev–Trinajstić information content (AvgIpc) is 2.76. The summed E-state index contributed by atoms with van der Waals surface area (Å²) in [5.74, 6) is -2.75. The molecule has 0 aliphatic carbocycles. The van der Waals surface area contributed by atoms with Gasteiger partial charge in [0.15, 0.2) is 18.1 Å². The normalized spacial score (nSPS) is 10.3. The van der Waals surface area contributed by atoms with Gasteiger partial charge in [-0.3, -0.25) is 9.59 Å². The number of rotatable bonds is 7. The smallest absolute Gasteiger partial charge is 0.262 e. The van der Waals surface area contributed by atoms with E-state index in [2.05, 4.69) is 10.6 Å². The Morgan fingerprint density at radius 2 is 1.55 bits per heavy atom. The first kappa shape index (κ1) is 21.7. The minimum absolute atomic E-state index is 0.101. The summed E-state index contributed by atoms with van der Waals surface area (Å²) in [4.78, 5) is 24.4. The molecule has 0 atom stereocenters. The van der Waals surface area contributed by atoms with Gasteiger partial charge >= 0.3 is 0 Å². The number of carbonyl (C=O) groups excluding carboxylic acids is 2. The lowest BCUT2D eigenvalue weighted by Crippen LogP contribution is -2.20. The second-order valence-corrected chi connectivity index (χ2v) is 6.29. The van der Waals surface area contributed by atoms with E-state index in [1.165, 1.54) is 49.6 Å². The molecule has 0 saturated carbocycles. The topological polar surface area (TPSA) is 76.7 Å². The number of carbonyl (C=O) groups is 2. The van der Waals surface area contributed by atoms with Crippen molar-refractivity contribution in [2.24, 2.45) is 0 Å². The van der Waals surface area contributed by atoms with Crippen LogP contribution in [-0.4, -0.2) is 25.5 Å². The van der Waals surface area contributed by atoms with Crippen LogP contribution in [0.15, 0.2) is 60.7 Å². The van der Waals surface area contributed by atoms with Gasteiger partial charge in [0, 0.05) is 17.3 Å². The van der Waals surface area contributed by atoms with Crippen molar-refractivity contribution < 1.29 is 32.2 Å². The van der Waals surface area contributed by atoms with E-state index in [4.69, 9.17) is 9.47 Å². The molecule has 6 nitrogen and oxygen atoms in total. The number of anilines is 2. The number of benzene rings is 3. The average molecular weight is 430 g/mol. The van der Waals surface area contributed by atoms with Crippen LogP contribution in [0, 0.1) is 17.5 Å². The summed E-state index contributed by atoms with van der Waals surface area (Å²) in [5.41, 5.74) is 0.198. The highest BCUT2D eigenvalue weighted by molar-refractivity contribution is 6.04. The first-order valence-corrected chi connectivity index (χ1v) is 8.98. The van der Waals surface area contributed by atoms with Crippen molar-refractivity contribution in [1.82, 2.24) is 0 Å². The zero-order valence-corrected chi connectivity index (χ0v) is 16.2. The first-order chi connectivity index (χ1) is 14.9. The highest BCUT2D eigenvalue weighted by atomic mass is 19.1. The molecule has 0 bridgehead atoms. The quantitative estimate of drug-likeness (QED) is 0.583. The van der Waals surface area contributed by atoms with Crippen molar-refractivity contribution >= 4 is 23.2 Å². The maximum absolute atomic E-state index is 13.7. The molecule has 0 unspecified atom stereocenters. The summed E-state index contributed by atoms with van der Waals surface area (Å²) in [6.45, 7) is -0.367. The maximum atomic E-state index is 13.7. The molecule has 0 heterocycles. The second-order valence-electron chi connectivity index (χ2n) is 6.29. The van der Waals surface area contributed by atoms with E-state index in [9.17, 15) is 22.8 Å². The Balaban J connectivity index is 1.65. The predicted octanol–water partition coefficient (Wildman–Crippen LogP) is 4.38. The van der Waals surface area contributed by atoms with Gasteiger partial charge in [-0.1, -0.05) is 0 Å². The Kier molecular flexibility index (Phi) is 6.76. The van der Waals surface area contributed by atoms with Crippen LogP contribution in [0.25, 0.3) is 0 Å². The predicted molar refractivity (Wildman–Crippen MR) is 108 cm³/mol. The molecule has 3 rings (SSSR count). The van der Waals surface area contributed by atoms with Crippen molar-refractivity contribution in [2.75, 3.05) is 24.4 Å². The highest BCUT2D eigenvalue weighted by Gasteiger charge is 2.15. The second kappa shape index (κ2) is 9.66. The number of ether oxygens (including phenoxy) is 2. The molecule has 2 N–H and O–H groups in total. The van der Waals surface area contributed by atoms with Gasteiger partial charge < -0.3 is 20.1 Å². The fraction of sp³-hybridized carbons (Fsp3) is 0.0909. The van der Waals surface area contributed by atoms with Crippen LogP contribution in [0.2, 0.25) is 0 Å². The van der Waals surface area contributed by atoms with E-state index in [0.717, 1.165) is 18.2 Å². The molecular weight excluding hydrogens is 413 g/mol. The molecule has 0 saturated heterocycles. The van der Waals surface area contributed by atoms with Gasteiger partial charge in [0.1, 0.15) is 17.5 Å². The number of nitrogens with one attached hydrogen (secondary N) is 2. The fourth-order valence-electron chi connectivity index (χ4n) is 2.59. The first-order valence-electron chi connectivity index (χ1n) is 8.98. The summed E-state index contributed by atoms with van der Waals surface area (Å²) in [5, 5.41) is 4.82. The lowest BCUT2D eigenvalue weighted by atomic mass is 10.1. The van der Waals surface area contributed by atoms with Gasteiger partial charge in [0.05, 0.1) is 12.8 Å². The van der Waals surface area contributed by atoms with Gasteiger partial charge in [-0.05, 0) is 54.6 Å². The summed E-state index contributed by atoms with van der Waals surface area (Å²) in [6.07, 6.45) is 0. The maximum Gasteiger partial charge on any atom is 0.262 e. The molecule has 2 amide bonds. The molecule has 0 fully saturated rings. The molecule has 0 aromatic heterocycles. The third-order valence-electron chi connectivity index (χ3n) is 4.09. The van der Waals surface area contributed by atoms with Crippen molar-refractivity contribution in [1.29, 1.82) is 0 Å². The van der Waals surface area contributed by atoms with Crippen LogP contribution in [0.5, 0.6) is 11.5 Å². The van der Waals surface area contributed by atoms with Gasteiger partial charge in [-0.2, -0.15) is 0 Å². The molecule has 0 radical (unpaired) electrons. The van der Waals surface area contributed by atoms with Crippen molar-refractivity contribution in [3.05, 3.63) is 83.7 Å².